The molecule has 0 saturated heterocycles. The largest absolute Gasteiger partial charge is 0.394 e. The third-order valence-electron chi connectivity index (χ3n) is 3.26. The minimum absolute atomic E-state index is 0.0298. The molecule has 0 aliphatic rings. The lowest BCUT2D eigenvalue weighted by atomic mass is 9.95. The molecule has 0 aliphatic carbocycles. The number of rotatable bonds is 8. The predicted octanol–water partition coefficient (Wildman–Crippen LogP) is 3.28. The van der Waals surface area contributed by atoms with Crippen molar-refractivity contribution in [1.29, 1.82) is 0 Å². The van der Waals surface area contributed by atoms with Gasteiger partial charge in [0.05, 0.1) is 12.6 Å². The Kier molecular flexibility index (Phi) is 8.73. The van der Waals surface area contributed by atoms with E-state index in [1.807, 2.05) is 26.8 Å². The van der Waals surface area contributed by atoms with Gasteiger partial charge < -0.3 is 10.4 Å². The van der Waals surface area contributed by atoms with Gasteiger partial charge in [-0.25, -0.2) is 0 Å². The first kappa shape index (κ1) is 18.2. The van der Waals surface area contributed by atoms with E-state index in [1.165, 1.54) is 19.3 Å². The predicted molar refractivity (Wildman–Crippen MR) is 80.9 cm³/mol. The summed E-state index contributed by atoms with van der Waals surface area (Å²) in [6.07, 6.45) is 8.78. The van der Waals surface area contributed by atoms with Gasteiger partial charge in [0.1, 0.15) is 0 Å². The number of hydrogen-bond donors (Lipinski definition) is 2. The van der Waals surface area contributed by atoms with Gasteiger partial charge in [-0.05, 0) is 18.8 Å². The van der Waals surface area contributed by atoms with E-state index < -0.39 is 5.41 Å². The van der Waals surface area contributed by atoms with Crippen molar-refractivity contribution in [2.75, 3.05) is 6.61 Å². The van der Waals surface area contributed by atoms with Crippen molar-refractivity contribution in [2.45, 2.75) is 66.3 Å². The molecular weight excluding hydrogens is 238 g/mol. The van der Waals surface area contributed by atoms with E-state index in [4.69, 9.17) is 0 Å². The van der Waals surface area contributed by atoms with Crippen molar-refractivity contribution in [3.05, 3.63) is 12.2 Å². The van der Waals surface area contributed by atoms with Crippen LogP contribution in [0, 0.1) is 11.3 Å². The summed E-state index contributed by atoms with van der Waals surface area (Å²) in [4.78, 5) is 11.9. The molecule has 0 aromatic rings. The normalized spacial score (nSPS) is 15.5. The number of aliphatic hydroxyl groups is 1. The minimum atomic E-state index is -0.423. The van der Waals surface area contributed by atoms with Gasteiger partial charge in [-0.2, -0.15) is 0 Å². The quantitative estimate of drug-likeness (QED) is 0.664. The molecule has 0 aliphatic heterocycles. The van der Waals surface area contributed by atoms with Gasteiger partial charge in [0.2, 0.25) is 5.91 Å². The fraction of sp³-hybridized carbons (Fsp3) is 0.812. The Balaban J connectivity index is 4.41. The molecule has 19 heavy (non-hydrogen) atoms. The maximum Gasteiger partial charge on any atom is 0.225 e. The molecule has 0 radical (unpaired) electrons. The summed E-state index contributed by atoms with van der Waals surface area (Å²) in [6, 6.07) is -0.276. The molecule has 0 fully saturated rings. The standard InChI is InChI=1S/C16H31NO2/c1-6-8-9-13(7-2)10-11-14(12-18)17-15(19)16(3,4)5/h10-11,13-14,18H,6-9,12H2,1-5H3,(H,17,19)/b11-10+/t13?,14-/m1/s1. The van der Waals surface area contributed by atoms with Gasteiger partial charge in [0, 0.05) is 5.41 Å². The van der Waals surface area contributed by atoms with Gasteiger partial charge in [-0.3, -0.25) is 4.79 Å². The van der Waals surface area contributed by atoms with E-state index in [1.54, 1.807) is 0 Å². The van der Waals surface area contributed by atoms with Crippen LogP contribution in [0.15, 0.2) is 12.2 Å². The molecule has 0 bridgehead atoms. The zero-order chi connectivity index (χ0) is 14.9. The number of aliphatic hydroxyl groups excluding tert-OH is 1. The molecule has 0 rings (SSSR count). The molecule has 112 valence electrons. The number of allylic oxidation sites excluding steroid dienone is 1. The molecule has 2 atom stereocenters. The van der Waals surface area contributed by atoms with Crippen LogP contribution in [0.5, 0.6) is 0 Å². The first-order valence-electron chi connectivity index (χ1n) is 7.45. The molecule has 0 saturated carbocycles. The molecule has 3 heteroatoms. The van der Waals surface area contributed by atoms with Crippen molar-refractivity contribution < 1.29 is 9.90 Å². The van der Waals surface area contributed by atoms with E-state index in [0.29, 0.717) is 5.92 Å². The molecule has 2 N–H and O–H groups in total. The number of carbonyl (C=O) groups excluding carboxylic acids is 1. The van der Waals surface area contributed by atoms with Crippen LogP contribution >= 0.6 is 0 Å². The molecule has 3 nitrogen and oxygen atoms in total. The highest BCUT2D eigenvalue weighted by molar-refractivity contribution is 5.81. The highest BCUT2D eigenvalue weighted by atomic mass is 16.3. The maximum atomic E-state index is 11.9. The molecule has 0 spiro atoms. The molecule has 1 unspecified atom stereocenters. The lowest BCUT2D eigenvalue weighted by Crippen LogP contribution is -2.42. The van der Waals surface area contributed by atoms with E-state index >= 15 is 0 Å². The van der Waals surface area contributed by atoms with Crippen LogP contribution in [-0.4, -0.2) is 23.7 Å². The Morgan fingerprint density at radius 2 is 1.89 bits per heavy atom. The van der Waals surface area contributed by atoms with E-state index in [2.05, 4.69) is 25.2 Å². The molecule has 0 aromatic carbocycles. The molecule has 0 heterocycles. The van der Waals surface area contributed by atoms with Crippen molar-refractivity contribution in [2.24, 2.45) is 11.3 Å². The topological polar surface area (TPSA) is 49.3 Å². The van der Waals surface area contributed by atoms with Crippen LogP contribution < -0.4 is 5.32 Å². The van der Waals surface area contributed by atoms with Gasteiger partial charge in [-0.1, -0.05) is 59.6 Å². The zero-order valence-corrected chi connectivity index (χ0v) is 13.2. The number of nitrogens with one attached hydrogen (secondary N) is 1. The third kappa shape index (κ3) is 8.04. The average molecular weight is 269 g/mol. The number of carbonyl (C=O) groups is 1. The van der Waals surface area contributed by atoms with Crippen LogP contribution in [0.3, 0.4) is 0 Å². The molecule has 0 aromatic heterocycles. The lowest BCUT2D eigenvalue weighted by Gasteiger charge is -2.21. The Labute approximate surface area is 118 Å². The van der Waals surface area contributed by atoms with Crippen molar-refractivity contribution in [3.63, 3.8) is 0 Å². The summed E-state index contributed by atoms with van der Waals surface area (Å²) in [5.74, 6) is 0.512. The first-order chi connectivity index (χ1) is 8.85. The zero-order valence-electron chi connectivity index (χ0n) is 13.2. The van der Waals surface area contributed by atoms with Gasteiger partial charge in [0.25, 0.3) is 0 Å². The second-order valence-corrected chi connectivity index (χ2v) is 6.21. The average Bonchev–Trinajstić information content (AvgIpc) is 2.35. The number of unbranched alkanes of at least 4 members (excludes halogenated alkanes) is 1. The Morgan fingerprint density at radius 3 is 2.32 bits per heavy atom. The van der Waals surface area contributed by atoms with Crippen LogP contribution in [0.4, 0.5) is 0 Å². The van der Waals surface area contributed by atoms with Gasteiger partial charge >= 0.3 is 0 Å². The summed E-state index contributed by atoms with van der Waals surface area (Å²) >= 11 is 0. The fourth-order valence-corrected chi connectivity index (χ4v) is 1.73. The second kappa shape index (κ2) is 9.13. The van der Waals surface area contributed by atoms with Crippen LogP contribution in [0.2, 0.25) is 0 Å². The Bertz CT molecular complexity index is 279. The smallest absolute Gasteiger partial charge is 0.225 e. The first-order valence-corrected chi connectivity index (χ1v) is 7.45. The van der Waals surface area contributed by atoms with Crippen LogP contribution in [0.25, 0.3) is 0 Å². The summed E-state index contributed by atoms with van der Waals surface area (Å²) in [5.41, 5.74) is -0.423. The van der Waals surface area contributed by atoms with Crippen molar-refractivity contribution in [3.8, 4) is 0 Å². The van der Waals surface area contributed by atoms with Crippen molar-refractivity contribution in [1.82, 2.24) is 5.32 Å². The SMILES string of the molecule is CCCCC(/C=C/[C@H](CO)NC(=O)C(C)(C)C)CC. The maximum absolute atomic E-state index is 11.9. The summed E-state index contributed by atoms with van der Waals surface area (Å²) in [5, 5.41) is 12.2. The van der Waals surface area contributed by atoms with E-state index in [-0.39, 0.29) is 18.6 Å². The van der Waals surface area contributed by atoms with Gasteiger partial charge in [-0.15, -0.1) is 0 Å². The van der Waals surface area contributed by atoms with E-state index in [9.17, 15) is 9.90 Å². The highest BCUT2D eigenvalue weighted by Crippen LogP contribution is 2.15. The Hall–Kier alpha value is -0.830. The number of hydrogen-bond acceptors (Lipinski definition) is 2. The van der Waals surface area contributed by atoms with Crippen molar-refractivity contribution >= 4 is 5.91 Å². The van der Waals surface area contributed by atoms with Crippen LogP contribution in [0.1, 0.15) is 60.3 Å². The fourth-order valence-electron chi connectivity index (χ4n) is 1.73. The monoisotopic (exact) mass is 269 g/mol. The third-order valence-corrected chi connectivity index (χ3v) is 3.26. The Morgan fingerprint density at radius 1 is 1.26 bits per heavy atom. The minimum Gasteiger partial charge on any atom is -0.394 e. The summed E-state index contributed by atoms with van der Waals surface area (Å²) in [7, 11) is 0. The van der Waals surface area contributed by atoms with Crippen LogP contribution in [-0.2, 0) is 4.79 Å². The van der Waals surface area contributed by atoms with Gasteiger partial charge in [0.15, 0.2) is 0 Å². The highest BCUT2D eigenvalue weighted by Gasteiger charge is 2.22. The summed E-state index contributed by atoms with van der Waals surface area (Å²) < 4.78 is 0. The lowest BCUT2D eigenvalue weighted by molar-refractivity contribution is -0.129. The molecule has 1 amide bonds. The van der Waals surface area contributed by atoms with E-state index in [0.717, 1.165) is 6.42 Å². The second-order valence-electron chi connectivity index (χ2n) is 6.21. The molecular formula is C16H31NO2. The summed E-state index contributed by atoms with van der Waals surface area (Å²) in [6.45, 7) is 9.93. The number of amides is 1.